The summed E-state index contributed by atoms with van der Waals surface area (Å²) in [7, 11) is 0. The fraction of sp³-hybridized carbons (Fsp3) is 0.182. The monoisotopic (exact) mass is 172 g/mol. The Morgan fingerprint density at radius 3 is 2.69 bits per heavy atom. The molecule has 1 heterocycles. The highest BCUT2D eigenvalue weighted by molar-refractivity contribution is 5.64. The number of hydrogen-bond donors (Lipinski definition) is 1. The Labute approximate surface area is 77.6 Å². The van der Waals surface area contributed by atoms with Crippen molar-refractivity contribution in [2.75, 3.05) is 0 Å². The van der Waals surface area contributed by atoms with Crippen molar-refractivity contribution in [1.29, 1.82) is 0 Å². The molecule has 0 bridgehead atoms. The molecule has 0 saturated heterocycles. The van der Waals surface area contributed by atoms with E-state index in [4.69, 9.17) is 0 Å². The van der Waals surface area contributed by atoms with Gasteiger partial charge in [0, 0.05) is 11.8 Å². The molecule has 66 valence electrons. The maximum Gasteiger partial charge on any atom is 0.0697 e. The topological polar surface area (TPSA) is 28.7 Å². The molecule has 0 aliphatic carbocycles. The summed E-state index contributed by atoms with van der Waals surface area (Å²) in [4.78, 5) is 0. The number of aromatic nitrogens is 2. The zero-order valence-electron chi connectivity index (χ0n) is 7.62. The zero-order chi connectivity index (χ0) is 9.10. The summed E-state index contributed by atoms with van der Waals surface area (Å²) < 4.78 is 0. The summed E-state index contributed by atoms with van der Waals surface area (Å²) >= 11 is 0. The number of benzene rings is 1. The van der Waals surface area contributed by atoms with Crippen LogP contribution in [-0.4, -0.2) is 10.2 Å². The standard InChI is InChI=1S/C11H12N2/c1-2-11-10(8-12-13-11)9-6-4-3-5-7-9/h3-8H,2H2,1H3,(H,12,13). The SMILES string of the molecule is CCc1n[nH]cc1-c1ccccc1. The molecular weight excluding hydrogens is 160 g/mol. The van der Waals surface area contributed by atoms with Crippen LogP contribution < -0.4 is 0 Å². The van der Waals surface area contributed by atoms with E-state index in [1.54, 1.807) is 0 Å². The first-order valence-corrected chi connectivity index (χ1v) is 4.50. The van der Waals surface area contributed by atoms with Crippen molar-refractivity contribution in [2.24, 2.45) is 0 Å². The van der Waals surface area contributed by atoms with Gasteiger partial charge in [0.2, 0.25) is 0 Å². The molecule has 0 spiro atoms. The van der Waals surface area contributed by atoms with E-state index < -0.39 is 0 Å². The highest BCUT2D eigenvalue weighted by Gasteiger charge is 2.04. The Kier molecular flexibility index (Phi) is 2.13. The van der Waals surface area contributed by atoms with Gasteiger partial charge in [0.25, 0.3) is 0 Å². The lowest BCUT2D eigenvalue weighted by atomic mass is 10.1. The third-order valence-electron chi connectivity index (χ3n) is 2.14. The van der Waals surface area contributed by atoms with Gasteiger partial charge in [-0.3, -0.25) is 5.10 Å². The first kappa shape index (κ1) is 8.05. The molecule has 2 heteroatoms. The van der Waals surface area contributed by atoms with Gasteiger partial charge < -0.3 is 0 Å². The molecule has 0 radical (unpaired) electrons. The molecule has 2 rings (SSSR count). The van der Waals surface area contributed by atoms with Gasteiger partial charge in [-0.2, -0.15) is 5.10 Å². The van der Waals surface area contributed by atoms with Gasteiger partial charge in [0.15, 0.2) is 0 Å². The lowest BCUT2D eigenvalue weighted by Gasteiger charge is -1.98. The number of aryl methyl sites for hydroxylation is 1. The van der Waals surface area contributed by atoms with E-state index in [9.17, 15) is 0 Å². The first-order valence-electron chi connectivity index (χ1n) is 4.50. The van der Waals surface area contributed by atoms with Crippen LogP contribution in [0, 0.1) is 0 Å². The second-order valence-electron chi connectivity index (χ2n) is 2.97. The van der Waals surface area contributed by atoms with Crippen LogP contribution in [0.25, 0.3) is 11.1 Å². The number of rotatable bonds is 2. The van der Waals surface area contributed by atoms with E-state index in [1.165, 1.54) is 11.1 Å². The third-order valence-corrected chi connectivity index (χ3v) is 2.14. The molecule has 0 fully saturated rings. The van der Waals surface area contributed by atoms with Gasteiger partial charge in [-0.25, -0.2) is 0 Å². The van der Waals surface area contributed by atoms with Crippen molar-refractivity contribution < 1.29 is 0 Å². The van der Waals surface area contributed by atoms with Gasteiger partial charge >= 0.3 is 0 Å². The summed E-state index contributed by atoms with van der Waals surface area (Å²) in [6.45, 7) is 2.11. The van der Waals surface area contributed by atoms with Gasteiger partial charge in [0.1, 0.15) is 0 Å². The van der Waals surface area contributed by atoms with E-state index in [1.807, 2.05) is 24.4 Å². The van der Waals surface area contributed by atoms with E-state index in [0.717, 1.165) is 12.1 Å². The predicted octanol–water partition coefficient (Wildman–Crippen LogP) is 2.64. The Bertz CT molecular complexity index is 376. The quantitative estimate of drug-likeness (QED) is 0.741. The molecule has 0 aliphatic heterocycles. The molecule has 0 atom stereocenters. The molecule has 0 aliphatic rings. The number of aromatic amines is 1. The highest BCUT2D eigenvalue weighted by Crippen LogP contribution is 2.21. The number of nitrogens with one attached hydrogen (secondary N) is 1. The Balaban J connectivity index is 2.47. The van der Waals surface area contributed by atoms with Crippen molar-refractivity contribution in [1.82, 2.24) is 10.2 Å². The van der Waals surface area contributed by atoms with Crippen LogP contribution in [0.4, 0.5) is 0 Å². The van der Waals surface area contributed by atoms with Crippen molar-refractivity contribution in [3.63, 3.8) is 0 Å². The van der Waals surface area contributed by atoms with Gasteiger partial charge in [0.05, 0.1) is 5.69 Å². The zero-order valence-corrected chi connectivity index (χ0v) is 7.62. The van der Waals surface area contributed by atoms with Crippen LogP contribution in [0.3, 0.4) is 0 Å². The third kappa shape index (κ3) is 1.47. The van der Waals surface area contributed by atoms with Gasteiger partial charge in [-0.05, 0) is 12.0 Å². The second kappa shape index (κ2) is 3.44. The molecule has 1 aromatic heterocycles. The average molecular weight is 172 g/mol. The largest absolute Gasteiger partial charge is 0.285 e. The molecule has 0 saturated carbocycles. The maximum atomic E-state index is 4.19. The minimum absolute atomic E-state index is 0.966. The minimum atomic E-state index is 0.966. The lowest BCUT2D eigenvalue weighted by molar-refractivity contribution is 0.975. The minimum Gasteiger partial charge on any atom is -0.285 e. The van der Waals surface area contributed by atoms with Crippen molar-refractivity contribution >= 4 is 0 Å². The number of hydrogen-bond acceptors (Lipinski definition) is 1. The molecular formula is C11H12N2. The Hall–Kier alpha value is -1.57. The first-order chi connectivity index (χ1) is 6.42. The van der Waals surface area contributed by atoms with Crippen molar-refractivity contribution in [2.45, 2.75) is 13.3 Å². The normalized spacial score (nSPS) is 10.2. The van der Waals surface area contributed by atoms with E-state index in [2.05, 4.69) is 29.3 Å². The average Bonchev–Trinajstić information content (AvgIpc) is 2.67. The molecule has 13 heavy (non-hydrogen) atoms. The molecule has 2 aromatic rings. The summed E-state index contributed by atoms with van der Waals surface area (Å²) in [6.07, 6.45) is 2.92. The van der Waals surface area contributed by atoms with Gasteiger partial charge in [-0.1, -0.05) is 37.3 Å². The summed E-state index contributed by atoms with van der Waals surface area (Å²) in [5, 5.41) is 7.08. The highest BCUT2D eigenvalue weighted by atomic mass is 15.1. The van der Waals surface area contributed by atoms with Gasteiger partial charge in [-0.15, -0.1) is 0 Å². The lowest BCUT2D eigenvalue weighted by Crippen LogP contribution is -1.83. The van der Waals surface area contributed by atoms with Crippen LogP contribution in [-0.2, 0) is 6.42 Å². The molecule has 2 nitrogen and oxygen atoms in total. The van der Waals surface area contributed by atoms with E-state index in [-0.39, 0.29) is 0 Å². The van der Waals surface area contributed by atoms with Crippen molar-refractivity contribution in [3.05, 3.63) is 42.2 Å². The Morgan fingerprint density at radius 2 is 2.00 bits per heavy atom. The summed E-state index contributed by atoms with van der Waals surface area (Å²) in [6, 6.07) is 10.3. The smallest absolute Gasteiger partial charge is 0.0697 e. The fourth-order valence-electron chi connectivity index (χ4n) is 1.46. The molecule has 0 unspecified atom stereocenters. The number of nitrogens with zero attached hydrogens (tertiary/aromatic N) is 1. The van der Waals surface area contributed by atoms with Crippen LogP contribution in [0.1, 0.15) is 12.6 Å². The fourth-order valence-corrected chi connectivity index (χ4v) is 1.46. The van der Waals surface area contributed by atoms with Crippen LogP contribution >= 0.6 is 0 Å². The molecule has 0 amide bonds. The summed E-state index contributed by atoms with van der Waals surface area (Å²) in [5.74, 6) is 0. The molecule has 1 aromatic carbocycles. The van der Waals surface area contributed by atoms with Crippen LogP contribution in [0.5, 0.6) is 0 Å². The summed E-state index contributed by atoms with van der Waals surface area (Å²) in [5.41, 5.74) is 3.57. The van der Waals surface area contributed by atoms with Crippen molar-refractivity contribution in [3.8, 4) is 11.1 Å². The van der Waals surface area contributed by atoms with Crippen LogP contribution in [0.15, 0.2) is 36.5 Å². The van der Waals surface area contributed by atoms with E-state index in [0.29, 0.717) is 0 Å². The second-order valence-corrected chi connectivity index (χ2v) is 2.97. The van der Waals surface area contributed by atoms with E-state index >= 15 is 0 Å². The number of H-pyrrole nitrogens is 1. The predicted molar refractivity (Wildman–Crippen MR) is 53.4 cm³/mol. The van der Waals surface area contributed by atoms with Crippen LogP contribution in [0.2, 0.25) is 0 Å². The maximum absolute atomic E-state index is 4.19. The molecule has 1 N–H and O–H groups in total. The Morgan fingerprint density at radius 1 is 1.23 bits per heavy atom.